The van der Waals surface area contributed by atoms with E-state index in [2.05, 4.69) is 10.6 Å². The number of hydrogen-bond donors (Lipinski definition) is 3. The molecule has 3 amide bonds. The fourth-order valence-electron chi connectivity index (χ4n) is 3.50. The maximum Gasteiger partial charge on any atom is 0.408 e. The van der Waals surface area contributed by atoms with Gasteiger partial charge in [-0.15, -0.1) is 0 Å². The SMILES string of the molecule is CCc1ccc(C(C(=O)NCc2ccccc2)N(CC#N)C(=O)C(CO)NC(=O)OC(C)(C)C)cc1. The number of nitrogens with one attached hydrogen (secondary N) is 2. The third-order valence-corrected chi connectivity index (χ3v) is 5.27. The minimum Gasteiger partial charge on any atom is -0.444 e. The van der Waals surface area contributed by atoms with Crippen molar-refractivity contribution in [2.24, 2.45) is 0 Å². The first kappa shape index (κ1) is 28.3. The van der Waals surface area contributed by atoms with Crippen LogP contribution in [0.5, 0.6) is 0 Å². The average Bonchev–Trinajstić information content (AvgIpc) is 2.85. The molecule has 2 aromatic rings. The summed E-state index contributed by atoms with van der Waals surface area (Å²) in [6.45, 7) is 6.03. The molecule has 0 saturated carbocycles. The lowest BCUT2D eigenvalue weighted by Gasteiger charge is -2.32. The van der Waals surface area contributed by atoms with Crippen LogP contribution in [0.15, 0.2) is 54.6 Å². The third-order valence-electron chi connectivity index (χ3n) is 5.27. The van der Waals surface area contributed by atoms with Gasteiger partial charge in [0, 0.05) is 6.54 Å². The first-order chi connectivity index (χ1) is 17.1. The summed E-state index contributed by atoms with van der Waals surface area (Å²) in [5.74, 6) is -1.29. The molecule has 0 heterocycles. The Morgan fingerprint density at radius 2 is 1.69 bits per heavy atom. The van der Waals surface area contributed by atoms with Gasteiger partial charge in [0.2, 0.25) is 11.8 Å². The predicted octanol–water partition coefficient (Wildman–Crippen LogP) is 2.84. The van der Waals surface area contributed by atoms with Gasteiger partial charge < -0.3 is 25.4 Å². The second-order valence-electron chi connectivity index (χ2n) is 9.21. The minimum absolute atomic E-state index is 0.220. The summed E-state index contributed by atoms with van der Waals surface area (Å²) in [5.41, 5.74) is 1.58. The monoisotopic (exact) mass is 494 g/mol. The Morgan fingerprint density at radius 1 is 1.06 bits per heavy atom. The molecule has 2 rings (SSSR count). The number of nitriles is 1. The zero-order valence-corrected chi connectivity index (χ0v) is 21.2. The highest BCUT2D eigenvalue weighted by molar-refractivity contribution is 5.92. The summed E-state index contributed by atoms with van der Waals surface area (Å²) in [6.07, 6.45) is -0.109. The standard InChI is InChI=1S/C27H34N4O5/c1-5-19-11-13-21(14-12-19)23(24(33)29-17-20-9-7-6-8-10-20)31(16-15-28)25(34)22(18-32)30-26(35)36-27(2,3)4/h6-14,22-23,32H,5,16-18H2,1-4H3,(H,29,33)(H,30,35). The molecule has 0 aromatic heterocycles. The summed E-state index contributed by atoms with van der Waals surface area (Å²) >= 11 is 0. The van der Waals surface area contributed by atoms with Crippen LogP contribution < -0.4 is 10.6 Å². The molecular formula is C27H34N4O5. The van der Waals surface area contributed by atoms with Gasteiger partial charge in [-0.1, -0.05) is 61.5 Å². The number of carbonyl (C=O) groups excluding carboxylic acids is 3. The molecule has 0 bridgehead atoms. The maximum absolute atomic E-state index is 13.4. The second kappa shape index (κ2) is 13.3. The number of rotatable bonds is 10. The van der Waals surface area contributed by atoms with E-state index in [1.54, 1.807) is 32.9 Å². The molecule has 3 N–H and O–H groups in total. The topological polar surface area (TPSA) is 132 Å². The maximum atomic E-state index is 13.4. The number of aliphatic hydroxyl groups is 1. The van der Waals surface area contributed by atoms with E-state index in [1.165, 1.54) is 0 Å². The van der Waals surface area contributed by atoms with Crippen LogP contribution in [-0.4, -0.2) is 52.7 Å². The largest absolute Gasteiger partial charge is 0.444 e. The zero-order chi connectivity index (χ0) is 26.7. The number of carbonyl (C=O) groups is 3. The van der Waals surface area contributed by atoms with Gasteiger partial charge in [0.15, 0.2) is 0 Å². The van der Waals surface area contributed by atoms with E-state index in [0.29, 0.717) is 5.56 Å². The molecular weight excluding hydrogens is 460 g/mol. The lowest BCUT2D eigenvalue weighted by atomic mass is 10.0. The van der Waals surface area contributed by atoms with Crippen LogP contribution in [0.1, 0.15) is 50.4 Å². The number of aliphatic hydroxyl groups excluding tert-OH is 1. The Labute approximate surface area is 212 Å². The summed E-state index contributed by atoms with van der Waals surface area (Å²) in [6, 6.07) is 15.8. The fraction of sp³-hybridized carbons (Fsp3) is 0.407. The van der Waals surface area contributed by atoms with E-state index in [-0.39, 0.29) is 6.54 Å². The van der Waals surface area contributed by atoms with Gasteiger partial charge >= 0.3 is 6.09 Å². The average molecular weight is 495 g/mol. The van der Waals surface area contributed by atoms with Gasteiger partial charge in [-0.2, -0.15) is 5.26 Å². The number of nitrogens with zero attached hydrogens (tertiary/aromatic N) is 2. The number of ether oxygens (including phenoxy) is 1. The highest BCUT2D eigenvalue weighted by Gasteiger charge is 2.36. The number of benzene rings is 2. The molecule has 0 aliphatic rings. The van der Waals surface area contributed by atoms with Gasteiger partial charge in [-0.3, -0.25) is 9.59 Å². The zero-order valence-electron chi connectivity index (χ0n) is 21.2. The summed E-state index contributed by atoms with van der Waals surface area (Å²) in [4.78, 5) is 40.2. The van der Waals surface area contributed by atoms with Crippen LogP contribution in [-0.2, 0) is 27.3 Å². The van der Waals surface area contributed by atoms with Gasteiger partial charge in [0.05, 0.1) is 12.7 Å². The summed E-state index contributed by atoms with van der Waals surface area (Å²) < 4.78 is 5.19. The first-order valence-corrected chi connectivity index (χ1v) is 11.8. The molecule has 0 fully saturated rings. The normalized spacial score (nSPS) is 12.6. The molecule has 2 aromatic carbocycles. The highest BCUT2D eigenvalue weighted by Crippen LogP contribution is 2.23. The van der Waals surface area contributed by atoms with Gasteiger partial charge in [0.25, 0.3) is 0 Å². The summed E-state index contributed by atoms with van der Waals surface area (Å²) in [5, 5.41) is 24.5. The van der Waals surface area contributed by atoms with Crippen LogP contribution in [0.4, 0.5) is 4.79 Å². The quantitative estimate of drug-likeness (QED) is 0.435. The molecule has 0 spiro atoms. The van der Waals surface area contributed by atoms with E-state index < -0.39 is 48.7 Å². The molecule has 2 atom stereocenters. The van der Waals surface area contributed by atoms with E-state index in [4.69, 9.17) is 4.74 Å². The second-order valence-corrected chi connectivity index (χ2v) is 9.21. The van der Waals surface area contributed by atoms with Crippen LogP contribution in [0.25, 0.3) is 0 Å². The van der Waals surface area contributed by atoms with Gasteiger partial charge in [-0.25, -0.2) is 4.79 Å². The van der Waals surface area contributed by atoms with Crippen LogP contribution in [0.3, 0.4) is 0 Å². The first-order valence-electron chi connectivity index (χ1n) is 11.8. The van der Waals surface area contributed by atoms with Crippen molar-refractivity contribution in [2.45, 2.75) is 58.3 Å². The van der Waals surface area contributed by atoms with Crippen LogP contribution in [0.2, 0.25) is 0 Å². The molecule has 2 unspecified atom stereocenters. The molecule has 192 valence electrons. The van der Waals surface area contributed by atoms with Crippen molar-refractivity contribution >= 4 is 17.9 Å². The predicted molar refractivity (Wildman–Crippen MR) is 134 cm³/mol. The number of alkyl carbamates (subject to hydrolysis) is 1. The van der Waals surface area contributed by atoms with Crippen molar-refractivity contribution in [3.8, 4) is 6.07 Å². The minimum atomic E-state index is -1.41. The summed E-state index contributed by atoms with van der Waals surface area (Å²) in [7, 11) is 0. The molecule has 36 heavy (non-hydrogen) atoms. The van der Waals surface area contributed by atoms with Crippen molar-refractivity contribution in [1.29, 1.82) is 5.26 Å². The lowest BCUT2D eigenvalue weighted by molar-refractivity contribution is -0.142. The Hall–Kier alpha value is -3.90. The molecule has 0 aliphatic carbocycles. The Bertz CT molecular complexity index is 1060. The molecule has 9 nitrogen and oxygen atoms in total. The van der Waals surface area contributed by atoms with E-state index >= 15 is 0 Å². The third kappa shape index (κ3) is 8.40. The van der Waals surface area contributed by atoms with Crippen LogP contribution >= 0.6 is 0 Å². The molecule has 9 heteroatoms. The smallest absolute Gasteiger partial charge is 0.408 e. The number of amides is 3. The fourth-order valence-corrected chi connectivity index (χ4v) is 3.50. The number of aryl methyl sites for hydroxylation is 1. The molecule has 0 radical (unpaired) electrons. The Morgan fingerprint density at radius 3 is 2.22 bits per heavy atom. The van der Waals surface area contributed by atoms with Crippen molar-refractivity contribution < 1.29 is 24.2 Å². The van der Waals surface area contributed by atoms with E-state index in [1.807, 2.05) is 55.5 Å². The van der Waals surface area contributed by atoms with Gasteiger partial charge in [-0.05, 0) is 43.9 Å². The lowest BCUT2D eigenvalue weighted by Crippen LogP contribution is -2.54. The van der Waals surface area contributed by atoms with Crippen molar-refractivity contribution in [2.75, 3.05) is 13.2 Å². The van der Waals surface area contributed by atoms with Crippen molar-refractivity contribution in [3.05, 3.63) is 71.3 Å². The van der Waals surface area contributed by atoms with Crippen LogP contribution in [0, 0.1) is 11.3 Å². The molecule has 0 aliphatic heterocycles. The van der Waals surface area contributed by atoms with E-state index in [0.717, 1.165) is 22.4 Å². The Kier molecular flexibility index (Phi) is 10.4. The van der Waals surface area contributed by atoms with Crippen molar-refractivity contribution in [3.63, 3.8) is 0 Å². The Balaban J connectivity index is 2.37. The molecule has 0 saturated heterocycles. The highest BCUT2D eigenvalue weighted by atomic mass is 16.6. The van der Waals surface area contributed by atoms with Crippen molar-refractivity contribution in [1.82, 2.24) is 15.5 Å². The van der Waals surface area contributed by atoms with E-state index in [9.17, 15) is 24.8 Å². The van der Waals surface area contributed by atoms with Gasteiger partial charge in [0.1, 0.15) is 24.2 Å². The number of hydrogen-bond acceptors (Lipinski definition) is 6.